The van der Waals surface area contributed by atoms with Crippen LogP contribution in [0.1, 0.15) is 51.0 Å². The second-order valence-corrected chi connectivity index (χ2v) is 7.04. The van der Waals surface area contributed by atoms with Crippen LogP contribution < -0.4 is 4.74 Å². The van der Waals surface area contributed by atoms with E-state index in [1.54, 1.807) is 0 Å². The van der Waals surface area contributed by atoms with Crippen molar-refractivity contribution in [3.05, 3.63) is 29.8 Å². The SMILES string of the molecule is CC1CCC(c2ccc(OCC3OCC(C)CO3)cc2)CC1. The van der Waals surface area contributed by atoms with Crippen LogP contribution in [0.5, 0.6) is 5.75 Å². The molecular weight excluding hydrogens is 276 g/mol. The van der Waals surface area contributed by atoms with E-state index in [1.807, 2.05) is 0 Å². The Bertz CT molecular complexity index is 440. The van der Waals surface area contributed by atoms with Gasteiger partial charge in [-0.15, -0.1) is 0 Å². The molecule has 122 valence electrons. The summed E-state index contributed by atoms with van der Waals surface area (Å²) in [6.07, 6.45) is 5.14. The van der Waals surface area contributed by atoms with Gasteiger partial charge in [-0.25, -0.2) is 0 Å². The molecule has 1 aliphatic heterocycles. The molecule has 0 unspecified atom stereocenters. The molecule has 2 fully saturated rings. The molecule has 0 N–H and O–H groups in total. The highest BCUT2D eigenvalue weighted by atomic mass is 16.7. The Balaban J connectivity index is 1.47. The summed E-state index contributed by atoms with van der Waals surface area (Å²) in [5.41, 5.74) is 1.46. The van der Waals surface area contributed by atoms with Crippen LogP contribution in [0, 0.1) is 11.8 Å². The van der Waals surface area contributed by atoms with Gasteiger partial charge in [-0.1, -0.05) is 38.8 Å². The van der Waals surface area contributed by atoms with E-state index < -0.39 is 0 Å². The van der Waals surface area contributed by atoms with Crippen molar-refractivity contribution in [3.63, 3.8) is 0 Å². The lowest BCUT2D eigenvalue weighted by molar-refractivity contribution is -0.208. The molecule has 22 heavy (non-hydrogen) atoms. The number of hydrogen-bond acceptors (Lipinski definition) is 3. The van der Waals surface area contributed by atoms with Gasteiger partial charge >= 0.3 is 0 Å². The molecule has 1 aromatic rings. The van der Waals surface area contributed by atoms with Crippen molar-refractivity contribution in [2.45, 2.75) is 51.7 Å². The molecule has 0 radical (unpaired) electrons. The first-order valence-electron chi connectivity index (χ1n) is 8.66. The third-order valence-corrected chi connectivity index (χ3v) is 4.89. The highest BCUT2D eigenvalue weighted by molar-refractivity contribution is 5.29. The molecule has 3 heteroatoms. The van der Waals surface area contributed by atoms with Gasteiger partial charge in [-0.05, 0) is 42.4 Å². The zero-order valence-electron chi connectivity index (χ0n) is 13.8. The zero-order valence-corrected chi connectivity index (χ0v) is 13.8. The first-order valence-corrected chi connectivity index (χ1v) is 8.66. The highest BCUT2D eigenvalue weighted by Gasteiger charge is 2.21. The molecule has 0 aromatic heterocycles. The van der Waals surface area contributed by atoms with Crippen molar-refractivity contribution in [1.29, 1.82) is 0 Å². The lowest BCUT2D eigenvalue weighted by Gasteiger charge is -2.27. The lowest BCUT2D eigenvalue weighted by Crippen LogP contribution is -2.34. The summed E-state index contributed by atoms with van der Waals surface area (Å²) in [7, 11) is 0. The van der Waals surface area contributed by atoms with Crippen LogP contribution in [0.3, 0.4) is 0 Å². The highest BCUT2D eigenvalue weighted by Crippen LogP contribution is 2.35. The van der Waals surface area contributed by atoms with Gasteiger partial charge in [0.1, 0.15) is 12.4 Å². The Labute approximate surface area is 134 Å². The van der Waals surface area contributed by atoms with E-state index >= 15 is 0 Å². The van der Waals surface area contributed by atoms with Gasteiger partial charge in [-0.2, -0.15) is 0 Å². The standard InChI is InChI=1S/C19H28O3/c1-14-3-5-16(6-4-14)17-7-9-18(10-8-17)20-13-19-21-11-15(2)12-22-19/h7-10,14-16,19H,3-6,11-13H2,1-2H3. The van der Waals surface area contributed by atoms with E-state index in [0.29, 0.717) is 12.5 Å². The van der Waals surface area contributed by atoms with E-state index in [0.717, 1.165) is 30.8 Å². The van der Waals surface area contributed by atoms with Crippen LogP contribution in [0.4, 0.5) is 0 Å². The fourth-order valence-corrected chi connectivity index (χ4v) is 3.33. The first-order chi connectivity index (χ1) is 10.7. The zero-order chi connectivity index (χ0) is 15.4. The van der Waals surface area contributed by atoms with Crippen molar-refractivity contribution < 1.29 is 14.2 Å². The Morgan fingerprint density at radius 2 is 1.55 bits per heavy atom. The minimum Gasteiger partial charge on any atom is -0.488 e. The monoisotopic (exact) mass is 304 g/mol. The van der Waals surface area contributed by atoms with Gasteiger partial charge in [0.2, 0.25) is 0 Å². The third-order valence-electron chi connectivity index (χ3n) is 4.89. The van der Waals surface area contributed by atoms with Crippen molar-refractivity contribution in [1.82, 2.24) is 0 Å². The molecule has 1 heterocycles. The van der Waals surface area contributed by atoms with Gasteiger partial charge in [-0.3, -0.25) is 0 Å². The van der Waals surface area contributed by atoms with Crippen LogP contribution in [0.15, 0.2) is 24.3 Å². The topological polar surface area (TPSA) is 27.7 Å². The van der Waals surface area contributed by atoms with Crippen molar-refractivity contribution in [3.8, 4) is 5.75 Å². The maximum Gasteiger partial charge on any atom is 0.191 e. The Kier molecular flexibility index (Phi) is 5.37. The van der Waals surface area contributed by atoms with Gasteiger partial charge in [0.25, 0.3) is 0 Å². The van der Waals surface area contributed by atoms with E-state index in [1.165, 1.54) is 31.2 Å². The van der Waals surface area contributed by atoms with Gasteiger partial charge in [0, 0.05) is 5.92 Å². The average molecular weight is 304 g/mol. The van der Waals surface area contributed by atoms with Crippen LogP contribution in [0.2, 0.25) is 0 Å². The Morgan fingerprint density at radius 1 is 0.909 bits per heavy atom. The van der Waals surface area contributed by atoms with Crippen molar-refractivity contribution >= 4 is 0 Å². The van der Waals surface area contributed by atoms with Gasteiger partial charge in [0.05, 0.1) is 13.2 Å². The quantitative estimate of drug-likeness (QED) is 0.827. The summed E-state index contributed by atoms with van der Waals surface area (Å²) < 4.78 is 17.0. The molecule has 3 rings (SSSR count). The fourth-order valence-electron chi connectivity index (χ4n) is 3.33. The molecule has 1 saturated carbocycles. The van der Waals surface area contributed by atoms with Gasteiger partial charge < -0.3 is 14.2 Å². The van der Waals surface area contributed by atoms with E-state index in [-0.39, 0.29) is 6.29 Å². The number of rotatable bonds is 4. The van der Waals surface area contributed by atoms with Crippen LogP contribution in [0.25, 0.3) is 0 Å². The number of ether oxygens (including phenoxy) is 3. The lowest BCUT2D eigenvalue weighted by atomic mass is 9.79. The maximum atomic E-state index is 5.79. The van der Waals surface area contributed by atoms with Crippen LogP contribution in [-0.2, 0) is 9.47 Å². The normalized spacial score (nSPS) is 32.6. The molecule has 0 bridgehead atoms. The second kappa shape index (κ2) is 7.47. The Hall–Kier alpha value is -1.06. The summed E-state index contributed by atoms with van der Waals surface area (Å²) in [6.45, 7) is 6.47. The van der Waals surface area contributed by atoms with Gasteiger partial charge in [0.15, 0.2) is 6.29 Å². The summed E-state index contributed by atoms with van der Waals surface area (Å²) in [4.78, 5) is 0. The summed E-state index contributed by atoms with van der Waals surface area (Å²) in [6, 6.07) is 8.61. The third kappa shape index (κ3) is 4.23. The van der Waals surface area contributed by atoms with E-state index in [2.05, 4.69) is 38.1 Å². The number of benzene rings is 1. The Morgan fingerprint density at radius 3 is 2.18 bits per heavy atom. The molecule has 1 saturated heterocycles. The van der Waals surface area contributed by atoms with Crippen LogP contribution >= 0.6 is 0 Å². The predicted octanol–water partition coefficient (Wildman–Crippen LogP) is 4.37. The number of hydrogen-bond donors (Lipinski definition) is 0. The van der Waals surface area contributed by atoms with Crippen molar-refractivity contribution in [2.24, 2.45) is 11.8 Å². The van der Waals surface area contributed by atoms with E-state index in [9.17, 15) is 0 Å². The summed E-state index contributed by atoms with van der Waals surface area (Å²) in [5, 5.41) is 0. The maximum absolute atomic E-state index is 5.79. The fraction of sp³-hybridized carbons (Fsp3) is 0.684. The molecule has 1 aromatic carbocycles. The molecule has 0 atom stereocenters. The summed E-state index contributed by atoms with van der Waals surface area (Å²) >= 11 is 0. The molecule has 2 aliphatic rings. The van der Waals surface area contributed by atoms with Crippen LogP contribution in [-0.4, -0.2) is 26.1 Å². The predicted molar refractivity (Wildman–Crippen MR) is 87.2 cm³/mol. The molecule has 1 aliphatic carbocycles. The average Bonchev–Trinajstić information content (AvgIpc) is 2.56. The molecular formula is C19H28O3. The smallest absolute Gasteiger partial charge is 0.191 e. The van der Waals surface area contributed by atoms with Crippen molar-refractivity contribution in [2.75, 3.05) is 19.8 Å². The summed E-state index contributed by atoms with van der Waals surface area (Å²) in [5.74, 6) is 3.02. The first kappa shape index (κ1) is 15.8. The largest absolute Gasteiger partial charge is 0.488 e. The minimum atomic E-state index is -0.226. The molecule has 0 spiro atoms. The molecule has 0 amide bonds. The van der Waals surface area contributed by atoms with E-state index in [4.69, 9.17) is 14.2 Å². The molecule has 3 nitrogen and oxygen atoms in total. The minimum absolute atomic E-state index is 0.226. The second-order valence-electron chi connectivity index (χ2n) is 7.04.